The smallest absolute Gasteiger partial charge is 0.416 e. The van der Waals surface area contributed by atoms with Gasteiger partial charge in [-0.25, -0.2) is 18.1 Å². The fraction of sp³-hybridized carbons (Fsp3) is 0.429. The number of ether oxygens (including phenoxy) is 1. The number of carbonyl (C=O) groups is 2. The summed E-state index contributed by atoms with van der Waals surface area (Å²) in [5.74, 6) is -0.944. The van der Waals surface area contributed by atoms with Crippen LogP contribution in [0.25, 0.3) is 0 Å². The highest BCUT2D eigenvalue weighted by atomic mass is 32.2. The van der Waals surface area contributed by atoms with Crippen LogP contribution in [0.3, 0.4) is 0 Å². The number of nitrogens with two attached hydrogens (primary N) is 2. The summed E-state index contributed by atoms with van der Waals surface area (Å²) >= 11 is 0. The number of amides is 2. The zero-order valence-electron chi connectivity index (χ0n) is 26.6. The van der Waals surface area contributed by atoms with Gasteiger partial charge in [0.1, 0.15) is 0 Å². The molecule has 0 unspecified atom stereocenters. The third-order valence-corrected chi connectivity index (χ3v) is 10.6. The lowest BCUT2D eigenvalue weighted by molar-refractivity contribution is -0.133. The number of sulfonamides is 1. The van der Waals surface area contributed by atoms with E-state index in [1.54, 1.807) is 0 Å². The standard InChI is InChI=1S/C35H46N4O6S/c1-3-23-38(46(43,44)30-21-19-28(36)20-22-30)29(24-40)15-10-16-31(25-17-18-25)39(35(42)45-2)34(41)33(37)32(26-11-6-4-7-12-26)27-13-8-5-9-14-27/h4-9,11-14,19-22,25,29,31-33,40H,3,10,15-18,23-24,36-37H2,1-2H3/t29-,31+,33-/m0/s1. The summed E-state index contributed by atoms with van der Waals surface area (Å²) in [7, 11) is -2.66. The number of hydrogen-bond acceptors (Lipinski definition) is 8. The first-order valence-electron chi connectivity index (χ1n) is 15.9. The number of hydrogen-bond donors (Lipinski definition) is 3. The second-order valence-electron chi connectivity index (χ2n) is 11.9. The van der Waals surface area contributed by atoms with Gasteiger partial charge in [-0.15, -0.1) is 0 Å². The highest BCUT2D eigenvalue weighted by Gasteiger charge is 2.44. The van der Waals surface area contributed by atoms with Crippen molar-refractivity contribution in [1.82, 2.24) is 9.21 Å². The van der Waals surface area contributed by atoms with E-state index in [2.05, 4.69) is 0 Å². The lowest BCUT2D eigenvalue weighted by atomic mass is 9.84. The van der Waals surface area contributed by atoms with Crippen molar-refractivity contribution >= 4 is 27.7 Å². The Labute approximate surface area is 272 Å². The van der Waals surface area contributed by atoms with Crippen LogP contribution in [0.15, 0.2) is 89.8 Å². The molecule has 0 spiro atoms. The Balaban J connectivity index is 1.56. The maximum atomic E-state index is 14.2. The number of nitrogens with zero attached hydrogens (tertiary/aromatic N) is 2. The minimum atomic E-state index is -3.90. The monoisotopic (exact) mass is 650 g/mol. The zero-order chi connectivity index (χ0) is 33.3. The highest BCUT2D eigenvalue weighted by Crippen LogP contribution is 2.39. The normalized spacial score (nSPS) is 15.3. The van der Waals surface area contributed by atoms with Gasteiger partial charge in [0.2, 0.25) is 15.9 Å². The molecule has 0 heterocycles. The van der Waals surface area contributed by atoms with E-state index >= 15 is 0 Å². The summed E-state index contributed by atoms with van der Waals surface area (Å²) in [6.45, 7) is 1.74. The van der Waals surface area contributed by atoms with Gasteiger partial charge in [-0.05, 0) is 79.8 Å². The number of aliphatic hydroxyl groups is 1. The molecule has 1 aliphatic rings. The highest BCUT2D eigenvalue weighted by molar-refractivity contribution is 7.89. The van der Waals surface area contributed by atoms with Gasteiger partial charge in [0.15, 0.2) is 0 Å². The first-order chi connectivity index (χ1) is 22.1. The van der Waals surface area contributed by atoms with E-state index in [0.29, 0.717) is 31.4 Å². The second kappa shape index (κ2) is 16.2. The van der Waals surface area contributed by atoms with Gasteiger partial charge in [0.25, 0.3) is 0 Å². The van der Waals surface area contributed by atoms with Crippen LogP contribution < -0.4 is 11.5 Å². The van der Waals surface area contributed by atoms with Crippen molar-refractivity contribution in [3.05, 3.63) is 96.1 Å². The molecule has 5 N–H and O–H groups in total. The molecule has 11 heteroatoms. The fourth-order valence-electron chi connectivity index (χ4n) is 6.16. The van der Waals surface area contributed by atoms with Gasteiger partial charge in [-0.3, -0.25) is 4.79 Å². The number of nitrogen functional groups attached to an aromatic ring is 1. The molecule has 248 valence electrons. The van der Waals surface area contributed by atoms with Gasteiger partial charge in [-0.2, -0.15) is 4.31 Å². The summed E-state index contributed by atoms with van der Waals surface area (Å²) in [5.41, 5.74) is 14.7. The molecule has 4 rings (SSSR count). The van der Waals surface area contributed by atoms with Crippen LogP contribution in [0.5, 0.6) is 0 Å². The van der Waals surface area contributed by atoms with Gasteiger partial charge >= 0.3 is 6.09 Å². The lowest BCUT2D eigenvalue weighted by Gasteiger charge is -2.34. The topological polar surface area (TPSA) is 156 Å². The van der Waals surface area contributed by atoms with Crippen LogP contribution in [-0.4, -0.2) is 73.1 Å². The predicted octanol–water partition coefficient (Wildman–Crippen LogP) is 4.73. The minimum Gasteiger partial charge on any atom is -0.452 e. The number of methoxy groups -OCH3 is 1. The SMILES string of the molecule is CCCN([C@H](CO)CCC[C@H](C1CC1)N(C(=O)OC)C(=O)[C@@H](N)C(c1ccccc1)c1ccccc1)S(=O)(=O)c1ccc(N)cc1. The Morgan fingerprint density at radius 3 is 1.98 bits per heavy atom. The van der Waals surface area contributed by atoms with E-state index in [-0.39, 0.29) is 24.0 Å². The molecule has 3 atom stereocenters. The van der Waals surface area contributed by atoms with Gasteiger partial charge in [-0.1, -0.05) is 67.6 Å². The maximum absolute atomic E-state index is 14.2. The number of rotatable bonds is 16. The summed E-state index contributed by atoms with van der Waals surface area (Å²) < 4.78 is 33.7. The summed E-state index contributed by atoms with van der Waals surface area (Å²) in [5, 5.41) is 10.4. The molecule has 1 aliphatic carbocycles. The summed E-state index contributed by atoms with van der Waals surface area (Å²) in [6.07, 6.45) is 2.69. The molecule has 46 heavy (non-hydrogen) atoms. The maximum Gasteiger partial charge on any atom is 0.416 e. The fourth-order valence-corrected chi connectivity index (χ4v) is 7.90. The Kier molecular flexibility index (Phi) is 12.3. The molecule has 3 aromatic rings. The molecule has 1 saturated carbocycles. The molecule has 10 nitrogen and oxygen atoms in total. The molecule has 0 aromatic heterocycles. The van der Waals surface area contributed by atoms with Crippen molar-refractivity contribution < 1.29 is 27.9 Å². The number of imide groups is 1. The molecular formula is C35H46N4O6S. The van der Waals surface area contributed by atoms with E-state index in [4.69, 9.17) is 16.2 Å². The Morgan fingerprint density at radius 2 is 1.50 bits per heavy atom. The third kappa shape index (κ3) is 8.33. The van der Waals surface area contributed by atoms with E-state index in [0.717, 1.165) is 24.0 Å². The van der Waals surface area contributed by atoms with Crippen LogP contribution in [0.2, 0.25) is 0 Å². The Bertz CT molecular complexity index is 1480. The molecule has 0 bridgehead atoms. The van der Waals surface area contributed by atoms with Crippen molar-refractivity contribution in [2.24, 2.45) is 11.7 Å². The number of carbonyl (C=O) groups excluding carboxylic acids is 2. The van der Waals surface area contributed by atoms with Crippen LogP contribution in [0.4, 0.5) is 10.5 Å². The lowest BCUT2D eigenvalue weighted by Crippen LogP contribution is -2.54. The van der Waals surface area contributed by atoms with E-state index in [1.807, 2.05) is 67.6 Å². The second-order valence-corrected chi connectivity index (χ2v) is 13.8. The van der Waals surface area contributed by atoms with E-state index < -0.39 is 46.1 Å². The van der Waals surface area contributed by atoms with E-state index in [1.165, 1.54) is 40.6 Å². The van der Waals surface area contributed by atoms with Crippen molar-refractivity contribution in [1.29, 1.82) is 0 Å². The largest absolute Gasteiger partial charge is 0.452 e. The number of benzene rings is 3. The van der Waals surface area contributed by atoms with Gasteiger partial charge in [0, 0.05) is 30.2 Å². The first-order valence-corrected chi connectivity index (χ1v) is 17.3. The van der Waals surface area contributed by atoms with Crippen molar-refractivity contribution in [3.8, 4) is 0 Å². The minimum absolute atomic E-state index is 0.0833. The molecular weight excluding hydrogens is 604 g/mol. The molecule has 1 fully saturated rings. The van der Waals surface area contributed by atoms with Crippen molar-refractivity contribution in [2.45, 2.75) is 74.4 Å². The third-order valence-electron chi connectivity index (χ3n) is 8.65. The van der Waals surface area contributed by atoms with Crippen LogP contribution in [0.1, 0.15) is 62.5 Å². The predicted molar refractivity (Wildman–Crippen MR) is 178 cm³/mol. The molecule has 2 amide bonds. The van der Waals surface area contributed by atoms with Gasteiger partial charge < -0.3 is 21.3 Å². The number of anilines is 1. The van der Waals surface area contributed by atoms with Crippen LogP contribution in [-0.2, 0) is 19.6 Å². The zero-order valence-corrected chi connectivity index (χ0v) is 27.4. The van der Waals surface area contributed by atoms with Crippen LogP contribution in [0, 0.1) is 5.92 Å². The summed E-state index contributed by atoms with van der Waals surface area (Å²) in [4.78, 5) is 28.8. The molecule has 0 saturated heterocycles. The molecule has 3 aromatic carbocycles. The van der Waals surface area contributed by atoms with E-state index in [9.17, 15) is 23.1 Å². The van der Waals surface area contributed by atoms with Gasteiger partial charge in [0.05, 0.1) is 24.7 Å². The quantitative estimate of drug-likeness (QED) is 0.188. The van der Waals surface area contributed by atoms with Crippen molar-refractivity contribution in [2.75, 3.05) is 26.0 Å². The molecule has 0 radical (unpaired) electrons. The average Bonchev–Trinajstić information content (AvgIpc) is 3.92. The summed E-state index contributed by atoms with van der Waals surface area (Å²) in [6, 6.07) is 22.8. The Morgan fingerprint density at radius 1 is 0.935 bits per heavy atom. The Hall–Kier alpha value is -3.77. The van der Waals surface area contributed by atoms with Crippen LogP contribution >= 0.6 is 0 Å². The van der Waals surface area contributed by atoms with Crippen molar-refractivity contribution in [3.63, 3.8) is 0 Å². The average molecular weight is 651 g/mol. The molecule has 0 aliphatic heterocycles. The first kappa shape index (κ1) is 35.1. The number of aliphatic hydroxyl groups excluding tert-OH is 1.